The quantitative estimate of drug-likeness (QED) is 0.623. The molecule has 0 aliphatic carbocycles. The fourth-order valence-corrected chi connectivity index (χ4v) is 2.66. The van der Waals surface area contributed by atoms with E-state index in [1.54, 1.807) is 12.1 Å². The van der Waals surface area contributed by atoms with Crippen LogP contribution in [0.25, 0.3) is 11.3 Å². The Morgan fingerprint density at radius 1 is 1.07 bits per heavy atom. The van der Waals surface area contributed by atoms with Crippen molar-refractivity contribution in [3.05, 3.63) is 48.0 Å². The second-order valence-corrected chi connectivity index (χ2v) is 6.46. The van der Waals surface area contributed by atoms with E-state index in [4.69, 9.17) is 21.2 Å². The average Bonchev–Trinajstić information content (AvgIpc) is 2.73. The molecule has 0 bridgehead atoms. The van der Waals surface area contributed by atoms with Crippen molar-refractivity contribution in [1.29, 1.82) is 5.26 Å². The van der Waals surface area contributed by atoms with Crippen molar-refractivity contribution >= 4 is 23.7 Å². The van der Waals surface area contributed by atoms with Gasteiger partial charge in [-0.05, 0) is 19.2 Å². The van der Waals surface area contributed by atoms with Gasteiger partial charge in [0.25, 0.3) is 0 Å². The van der Waals surface area contributed by atoms with Gasteiger partial charge >= 0.3 is 11.9 Å². The van der Waals surface area contributed by atoms with Gasteiger partial charge in [-0.1, -0.05) is 12.1 Å². The van der Waals surface area contributed by atoms with Crippen molar-refractivity contribution in [3.63, 3.8) is 0 Å². The summed E-state index contributed by atoms with van der Waals surface area (Å²) < 4.78 is 0. The zero-order chi connectivity index (χ0) is 22.1. The molecule has 10 nitrogen and oxygen atoms in total. The fraction of sp³-hybridized carbons (Fsp3) is 0.250. The fourth-order valence-electron chi connectivity index (χ4n) is 2.66. The minimum Gasteiger partial charge on any atom is -0.478 e. The summed E-state index contributed by atoms with van der Waals surface area (Å²) in [7, 11) is 2.12. The molecule has 2 heterocycles. The molecular formula is C20H22N6O4. The van der Waals surface area contributed by atoms with Gasteiger partial charge in [-0.15, -0.1) is 0 Å². The Morgan fingerprint density at radius 3 is 2.13 bits per heavy atom. The van der Waals surface area contributed by atoms with E-state index in [0.717, 1.165) is 43.3 Å². The smallest absolute Gasteiger partial charge is 0.328 e. The van der Waals surface area contributed by atoms with Crippen molar-refractivity contribution in [2.24, 2.45) is 0 Å². The Hall–Kier alpha value is -3.97. The monoisotopic (exact) mass is 410 g/mol. The zero-order valence-corrected chi connectivity index (χ0v) is 16.4. The van der Waals surface area contributed by atoms with Gasteiger partial charge in [0.2, 0.25) is 5.95 Å². The van der Waals surface area contributed by atoms with Crippen molar-refractivity contribution in [1.82, 2.24) is 14.9 Å². The predicted octanol–water partition coefficient (Wildman–Crippen LogP) is 1.06. The molecule has 1 aromatic heterocycles. The highest BCUT2D eigenvalue weighted by Crippen LogP contribution is 2.23. The number of hydrogen-bond donors (Lipinski definition) is 3. The lowest BCUT2D eigenvalue weighted by atomic mass is 10.1. The van der Waals surface area contributed by atoms with Gasteiger partial charge in [0.05, 0.1) is 17.3 Å². The van der Waals surface area contributed by atoms with Crippen LogP contribution in [-0.4, -0.2) is 70.2 Å². The molecule has 0 spiro atoms. The Kier molecular flexibility index (Phi) is 7.84. The van der Waals surface area contributed by atoms with Crippen LogP contribution in [0.15, 0.2) is 42.5 Å². The minimum atomic E-state index is -1.26. The number of rotatable bonds is 4. The summed E-state index contributed by atoms with van der Waals surface area (Å²) in [6.45, 7) is 3.88. The van der Waals surface area contributed by atoms with Gasteiger partial charge in [-0.25, -0.2) is 14.6 Å². The second kappa shape index (κ2) is 10.5. The number of hydrogen-bond acceptors (Lipinski definition) is 8. The predicted molar refractivity (Wildman–Crippen MR) is 111 cm³/mol. The molecule has 30 heavy (non-hydrogen) atoms. The Labute approximate surface area is 173 Å². The number of carboxylic acids is 2. The number of anilines is 2. The summed E-state index contributed by atoms with van der Waals surface area (Å²) in [6, 6.07) is 11.4. The van der Waals surface area contributed by atoms with E-state index in [2.05, 4.69) is 32.9 Å². The van der Waals surface area contributed by atoms with E-state index in [0.29, 0.717) is 17.7 Å². The molecule has 1 aromatic carbocycles. The lowest BCUT2D eigenvalue weighted by Gasteiger charge is -2.33. The number of nitrogen functional groups attached to an aromatic ring is 1. The molecule has 1 aliphatic heterocycles. The van der Waals surface area contributed by atoms with Crippen molar-refractivity contribution in [2.45, 2.75) is 0 Å². The van der Waals surface area contributed by atoms with Crippen LogP contribution in [0.5, 0.6) is 0 Å². The Balaban J connectivity index is 0.000000343. The standard InChI is InChI=1S/C16H18N6.C4H4O4/c1-21-6-8-22(9-7-21)15-10-14(19-16(18)20-15)13-4-2-12(11-17)3-5-13;5-3(6)1-2-4(7)8/h2-5,10H,6-9H2,1H3,(H2,18,19,20);1-2H,(H,5,6)(H,7,8)/b;2-1-. The first-order valence-corrected chi connectivity index (χ1v) is 9.01. The van der Waals surface area contributed by atoms with E-state index >= 15 is 0 Å². The number of benzene rings is 1. The van der Waals surface area contributed by atoms with Gasteiger partial charge in [-0.2, -0.15) is 10.2 Å². The molecule has 1 aliphatic rings. The zero-order valence-electron chi connectivity index (χ0n) is 16.4. The molecule has 0 amide bonds. The van der Waals surface area contributed by atoms with Gasteiger partial charge in [0.15, 0.2) is 0 Å². The number of carboxylic acid groups (broad SMARTS) is 2. The lowest BCUT2D eigenvalue weighted by Crippen LogP contribution is -2.44. The third-order valence-corrected chi connectivity index (χ3v) is 4.24. The van der Waals surface area contributed by atoms with Crippen molar-refractivity contribution < 1.29 is 19.8 Å². The summed E-state index contributed by atoms with van der Waals surface area (Å²) in [5.74, 6) is -1.38. The van der Waals surface area contributed by atoms with Gasteiger partial charge in [-0.3, -0.25) is 0 Å². The first-order valence-electron chi connectivity index (χ1n) is 9.01. The maximum Gasteiger partial charge on any atom is 0.328 e. The number of nitriles is 1. The molecule has 2 aromatic rings. The highest BCUT2D eigenvalue weighted by Gasteiger charge is 2.17. The van der Waals surface area contributed by atoms with Gasteiger partial charge in [0, 0.05) is 50.0 Å². The number of piperazine rings is 1. The van der Waals surface area contributed by atoms with Crippen molar-refractivity contribution in [3.8, 4) is 17.3 Å². The summed E-state index contributed by atoms with van der Waals surface area (Å²) in [6.07, 6.45) is 1.12. The van der Waals surface area contributed by atoms with Gasteiger partial charge in [0.1, 0.15) is 5.82 Å². The van der Waals surface area contributed by atoms with Crippen LogP contribution in [-0.2, 0) is 9.59 Å². The number of aliphatic carboxylic acids is 2. The van der Waals surface area contributed by atoms with E-state index < -0.39 is 11.9 Å². The van der Waals surface area contributed by atoms with Crippen molar-refractivity contribution in [2.75, 3.05) is 43.9 Å². The van der Waals surface area contributed by atoms with Crippen LogP contribution < -0.4 is 10.6 Å². The molecule has 3 rings (SSSR count). The van der Waals surface area contributed by atoms with Crippen LogP contribution in [0, 0.1) is 11.3 Å². The number of aromatic nitrogens is 2. The van der Waals surface area contributed by atoms with Crippen LogP contribution >= 0.6 is 0 Å². The highest BCUT2D eigenvalue weighted by atomic mass is 16.4. The molecule has 4 N–H and O–H groups in total. The van der Waals surface area contributed by atoms with Crippen LogP contribution in [0.1, 0.15) is 5.56 Å². The van der Waals surface area contributed by atoms with E-state index in [9.17, 15) is 9.59 Å². The number of nitrogens with zero attached hydrogens (tertiary/aromatic N) is 5. The minimum absolute atomic E-state index is 0.274. The largest absolute Gasteiger partial charge is 0.478 e. The third kappa shape index (κ3) is 6.88. The maximum atomic E-state index is 9.55. The number of likely N-dealkylation sites (N-methyl/N-ethyl adjacent to an activating group) is 1. The summed E-state index contributed by atoms with van der Waals surface area (Å²) in [4.78, 5) is 32.3. The Bertz CT molecular complexity index is 944. The molecule has 0 atom stereocenters. The maximum absolute atomic E-state index is 9.55. The first-order chi connectivity index (χ1) is 14.3. The second-order valence-electron chi connectivity index (χ2n) is 6.46. The topological polar surface area (TPSA) is 157 Å². The summed E-state index contributed by atoms with van der Waals surface area (Å²) in [5.41, 5.74) is 8.22. The van der Waals surface area contributed by atoms with Crippen LogP contribution in [0.3, 0.4) is 0 Å². The average molecular weight is 410 g/mol. The molecule has 0 unspecified atom stereocenters. The summed E-state index contributed by atoms with van der Waals surface area (Å²) in [5, 5.41) is 24.5. The van der Waals surface area contributed by atoms with Crippen LogP contribution in [0.2, 0.25) is 0 Å². The Morgan fingerprint density at radius 2 is 1.63 bits per heavy atom. The lowest BCUT2D eigenvalue weighted by molar-refractivity contribution is -0.134. The molecule has 10 heteroatoms. The highest BCUT2D eigenvalue weighted by molar-refractivity contribution is 5.89. The third-order valence-electron chi connectivity index (χ3n) is 4.24. The van der Waals surface area contributed by atoms with E-state index in [-0.39, 0.29) is 5.95 Å². The molecule has 0 radical (unpaired) electrons. The summed E-state index contributed by atoms with van der Waals surface area (Å²) >= 11 is 0. The normalized spacial score (nSPS) is 13.9. The molecule has 156 valence electrons. The molecule has 0 saturated carbocycles. The number of nitrogens with two attached hydrogens (primary N) is 1. The number of carbonyl (C=O) groups is 2. The van der Waals surface area contributed by atoms with Crippen LogP contribution in [0.4, 0.5) is 11.8 Å². The van der Waals surface area contributed by atoms with E-state index in [1.807, 2.05) is 18.2 Å². The van der Waals surface area contributed by atoms with E-state index in [1.165, 1.54) is 0 Å². The molecule has 1 saturated heterocycles. The SMILES string of the molecule is CN1CCN(c2cc(-c3ccc(C#N)cc3)nc(N)n2)CC1.O=C(O)/C=C\C(=O)O. The van der Waals surface area contributed by atoms with Gasteiger partial charge < -0.3 is 25.7 Å². The molecular weight excluding hydrogens is 388 g/mol. The first kappa shape index (κ1) is 22.3. The molecule has 1 fully saturated rings.